The zero-order chi connectivity index (χ0) is 12.8. The number of hydrogen-bond acceptors (Lipinski definition) is 3. The highest BCUT2D eigenvalue weighted by molar-refractivity contribution is 5.89. The van der Waals surface area contributed by atoms with Gasteiger partial charge < -0.3 is 20.4 Å². The number of anilines is 1. The van der Waals surface area contributed by atoms with Crippen molar-refractivity contribution in [2.45, 2.75) is 6.54 Å². The van der Waals surface area contributed by atoms with Gasteiger partial charge in [0.25, 0.3) is 0 Å². The summed E-state index contributed by atoms with van der Waals surface area (Å²) in [5.74, 6) is 0.702. The number of aromatic nitrogens is 2. The summed E-state index contributed by atoms with van der Waals surface area (Å²) >= 11 is 0. The third-order valence-corrected chi connectivity index (χ3v) is 2.31. The molecule has 0 aliphatic carbocycles. The number of benzene rings is 1. The van der Waals surface area contributed by atoms with Crippen molar-refractivity contribution >= 4 is 11.6 Å². The van der Waals surface area contributed by atoms with Crippen molar-refractivity contribution in [3.8, 4) is 5.75 Å². The van der Waals surface area contributed by atoms with Crippen LogP contribution in [0.2, 0.25) is 0 Å². The second-order valence-corrected chi connectivity index (χ2v) is 3.71. The van der Waals surface area contributed by atoms with Crippen LogP contribution in [-0.4, -0.2) is 22.1 Å². The molecule has 0 amide bonds. The van der Waals surface area contributed by atoms with E-state index in [1.54, 1.807) is 12.5 Å². The third kappa shape index (κ3) is 3.51. The molecule has 1 aromatic heterocycles. The molecule has 6 nitrogen and oxygen atoms in total. The second kappa shape index (κ2) is 5.72. The summed E-state index contributed by atoms with van der Waals surface area (Å²) in [5, 5.41) is 9.81. The smallest absolute Gasteiger partial charge is 0.190 e. The third-order valence-electron chi connectivity index (χ3n) is 2.31. The minimum atomic E-state index is -0.0798. The maximum atomic E-state index is 7.10. The first-order valence-corrected chi connectivity index (χ1v) is 5.54. The minimum absolute atomic E-state index is 0.0798. The van der Waals surface area contributed by atoms with Gasteiger partial charge in [-0.2, -0.15) is 0 Å². The molecule has 18 heavy (non-hydrogen) atoms. The lowest BCUT2D eigenvalue weighted by molar-refractivity contribution is 0.298. The van der Waals surface area contributed by atoms with Gasteiger partial charge in [-0.1, -0.05) is 0 Å². The molecule has 0 radical (unpaired) electrons. The van der Waals surface area contributed by atoms with E-state index in [9.17, 15) is 0 Å². The summed E-state index contributed by atoms with van der Waals surface area (Å²) in [4.78, 5) is 3.95. The van der Waals surface area contributed by atoms with Crippen LogP contribution in [0.4, 0.5) is 5.69 Å². The molecule has 1 heterocycles. The molecule has 0 atom stereocenters. The number of nitrogens with two attached hydrogens (primary N) is 1. The molecular formula is C12H15N5O. The predicted molar refractivity (Wildman–Crippen MR) is 69.7 cm³/mol. The highest BCUT2D eigenvalue weighted by Gasteiger charge is 1.96. The Kier molecular flexibility index (Phi) is 3.80. The number of rotatable bonds is 5. The molecule has 94 valence electrons. The van der Waals surface area contributed by atoms with E-state index in [0.29, 0.717) is 6.61 Å². The fourth-order valence-corrected chi connectivity index (χ4v) is 1.48. The van der Waals surface area contributed by atoms with Crippen molar-refractivity contribution in [1.82, 2.24) is 9.55 Å². The van der Waals surface area contributed by atoms with E-state index in [4.69, 9.17) is 15.9 Å². The average Bonchev–Trinajstić information content (AvgIpc) is 2.84. The van der Waals surface area contributed by atoms with Gasteiger partial charge in [-0.15, -0.1) is 0 Å². The van der Waals surface area contributed by atoms with Gasteiger partial charge in [-0.05, 0) is 24.3 Å². The fraction of sp³-hybridized carbons (Fsp3) is 0.167. The Hall–Kier alpha value is -2.50. The molecule has 0 saturated heterocycles. The van der Waals surface area contributed by atoms with E-state index in [-0.39, 0.29) is 5.96 Å². The van der Waals surface area contributed by atoms with E-state index in [1.165, 1.54) is 0 Å². The van der Waals surface area contributed by atoms with Gasteiger partial charge in [0.2, 0.25) is 0 Å². The molecule has 0 saturated carbocycles. The maximum absolute atomic E-state index is 7.10. The molecule has 0 bridgehead atoms. The SMILES string of the molecule is N=C(N)Nc1ccc(OCCn2ccnc2)cc1. The van der Waals surface area contributed by atoms with Crippen LogP contribution in [0, 0.1) is 5.41 Å². The lowest BCUT2D eigenvalue weighted by Gasteiger charge is -2.08. The van der Waals surface area contributed by atoms with Crippen LogP contribution in [-0.2, 0) is 6.54 Å². The van der Waals surface area contributed by atoms with Gasteiger partial charge in [0.15, 0.2) is 5.96 Å². The molecule has 6 heteroatoms. The number of guanidine groups is 1. The maximum Gasteiger partial charge on any atom is 0.190 e. The zero-order valence-electron chi connectivity index (χ0n) is 9.84. The van der Waals surface area contributed by atoms with E-state index in [1.807, 2.05) is 35.0 Å². The lowest BCUT2D eigenvalue weighted by Crippen LogP contribution is -2.20. The van der Waals surface area contributed by atoms with Gasteiger partial charge >= 0.3 is 0 Å². The van der Waals surface area contributed by atoms with Gasteiger partial charge in [0, 0.05) is 18.1 Å². The molecule has 2 rings (SSSR count). The summed E-state index contributed by atoms with van der Waals surface area (Å²) in [5.41, 5.74) is 6.00. The van der Waals surface area contributed by atoms with Gasteiger partial charge in [0.05, 0.1) is 12.9 Å². The molecule has 0 aliphatic heterocycles. The Morgan fingerprint density at radius 1 is 1.39 bits per heavy atom. The van der Waals surface area contributed by atoms with E-state index >= 15 is 0 Å². The summed E-state index contributed by atoms with van der Waals surface area (Å²) in [6, 6.07) is 7.29. The normalized spacial score (nSPS) is 10.0. The van der Waals surface area contributed by atoms with Crippen LogP contribution in [0.5, 0.6) is 5.75 Å². The van der Waals surface area contributed by atoms with Crippen molar-refractivity contribution in [2.24, 2.45) is 5.73 Å². The lowest BCUT2D eigenvalue weighted by atomic mass is 10.3. The number of nitrogens with one attached hydrogen (secondary N) is 2. The summed E-state index contributed by atoms with van der Waals surface area (Å²) in [6.07, 6.45) is 5.38. The van der Waals surface area contributed by atoms with Crippen molar-refractivity contribution in [2.75, 3.05) is 11.9 Å². The predicted octanol–water partition coefficient (Wildman–Crippen LogP) is 1.27. The van der Waals surface area contributed by atoms with Crippen LogP contribution in [0.1, 0.15) is 0 Å². The first kappa shape index (κ1) is 12.0. The Balaban J connectivity index is 1.81. The molecule has 0 aliphatic rings. The van der Waals surface area contributed by atoms with Crippen LogP contribution in [0.3, 0.4) is 0 Å². The molecule has 0 unspecified atom stereocenters. The molecular weight excluding hydrogens is 230 g/mol. The Morgan fingerprint density at radius 2 is 2.17 bits per heavy atom. The number of imidazole rings is 1. The Labute approximate surface area is 105 Å². The zero-order valence-corrected chi connectivity index (χ0v) is 9.84. The van der Waals surface area contributed by atoms with E-state index in [2.05, 4.69) is 10.3 Å². The second-order valence-electron chi connectivity index (χ2n) is 3.71. The number of ether oxygens (including phenoxy) is 1. The Bertz CT molecular complexity index is 492. The topological polar surface area (TPSA) is 89.0 Å². The number of nitrogens with zero attached hydrogens (tertiary/aromatic N) is 2. The highest BCUT2D eigenvalue weighted by atomic mass is 16.5. The highest BCUT2D eigenvalue weighted by Crippen LogP contribution is 2.15. The molecule has 4 N–H and O–H groups in total. The number of hydrogen-bond donors (Lipinski definition) is 3. The van der Waals surface area contributed by atoms with Gasteiger partial charge in [0.1, 0.15) is 12.4 Å². The quantitative estimate of drug-likeness (QED) is 0.546. The largest absolute Gasteiger partial charge is 0.492 e. The van der Waals surface area contributed by atoms with Crippen LogP contribution < -0.4 is 15.8 Å². The first-order valence-electron chi connectivity index (χ1n) is 5.54. The van der Waals surface area contributed by atoms with Crippen LogP contribution >= 0.6 is 0 Å². The monoisotopic (exact) mass is 245 g/mol. The van der Waals surface area contributed by atoms with Crippen molar-refractivity contribution < 1.29 is 4.74 Å². The summed E-state index contributed by atoms with van der Waals surface area (Å²) in [7, 11) is 0. The molecule has 0 spiro atoms. The average molecular weight is 245 g/mol. The minimum Gasteiger partial charge on any atom is -0.492 e. The van der Waals surface area contributed by atoms with Crippen molar-refractivity contribution in [3.63, 3.8) is 0 Å². The molecule has 2 aromatic rings. The molecule has 0 fully saturated rings. The summed E-state index contributed by atoms with van der Waals surface area (Å²) in [6.45, 7) is 1.34. The first-order chi connectivity index (χ1) is 8.74. The molecule has 1 aromatic carbocycles. The van der Waals surface area contributed by atoms with Crippen molar-refractivity contribution in [3.05, 3.63) is 43.0 Å². The van der Waals surface area contributed by atoms with Crippen molar-refractivity contribution in [1.29, 1.82) is 5.41 Å². The standard InChI is InChI=1S/C12H15N5O/c13-12(14)16-10-1-3-11(4-2-10)18-8-7-17-6-5-15-9-17/h1-6,9H,7-8H2,(H4,13,14,16). The van der Waals surface area contributed by atoms with Gasteiger partial charge in [-0.3, -0.25) is 5.41 Å². The fourth-order valence-electron chi connectivity index (χ4n) is 1.48. The van der Waals surface area contributed by atoms with E-state index in [0.717, 1.165) is 18.0 Å². The van der Waals surface area contributed by atoms with Gasteiger partial charge in [-0.25, -0.2) is 4.98 Å². The summed E-state index contributed by atoms with van der Waals surface area (Å²) < 4.78 is 7.53. The van der Waals surface area contributed by atoms with Crippen LogP contribution in [0.25, 0.3) is 0 Å². The van der Waals surface area contributed by atoms with E-state index < -0.39 is 0 Å². The van der Waals surface area contributed by atoms with Crippen LogP contribution in [0.15, 0.2) is 43.0 Å². The Morgan fingerprint density at radius 3 is 2.78 bits per heavy atom.